The molecular weight excluding hydrogens is 399 g/mol. The van der Waals surface area contributed by atoms with E-state index in [0.29, 0.717) is 34.5 Å². The topological polar surface area (TPSA) is 90.1 Å². The molecule has 0 spiro atoms. The fourth-order valence-corrected chi connectivity index (χ4v) is 4.20. The van der Waals surface area contributed by atoms with Crippen molar-refractivity contribution >= 4 is 10.9 Å². The summed E-state index contributed by atoms with van der Waals surface area (Å²) in [6.45, 7) is 4.04. The number of hydrogen-bond acceptors (Lipinski definition) is 6. The molecule has 1 saturated carbocycles. The van der Waals surface area contributed by atoms with Crippen molar-refractivity contribution in [2.45, 2.75) is 51.8 Å². The van der Waals surface area contributed by atoms with Gasteiger partial charge in [-0.05, 0) is 36.8 Å². The first-order valence-corrected chi connectivity index (χ1v) is 10.7. The van der Waals surface area contributed by atoms with Crippen LogP contribution >= 0.6 is 0 Å². The van der Waals surface area contributed by atoms with E-state index in [1.807, 2.05) is 6.92 Å². The van der Waals surface area contributed by atoms with Crippen molar-refractivity contribution in [1.82, 2.24) is 19.7 Å². The lowest BCUT2D eigenvalue weighted by molar-refractivity contribution is 0.0323. The van der Waals surface area contributed by atoms with Crippen molar-refractivity contribution in [3.63, 3.8) is 0 Å². The average molecular weight is 426 g/mol. The molecule has 0 unspecified atom stereocenters. The highest BCUT2D eigenvalue weighted by molar-refractivity contribution is 5.86. The van der Waals surface area contributed by atoms with E-state index < -0.39 is 12.3 Å². The second-order valence-corrected chi connectivity index (χ2v) is 8.65. The highest BCUT2D eigenvalue weighted by Gasteiger charge is 2.32. The number of alkyl halides is 1. The number of aryl methyl sites for hydroxylation is 1. The summed E-state index contributed by atoms with van der Waals surface area (Å²) in [6.07, 6.45) is 3.38. The van der Waals surface area contributed by atoms with Gasteiger partial charge in [-0.15, -0.1) is 10.2 Å². The standard InChI is InChI=1S/C23H27FN4O3/c1-13-5-4-6-14(2)22(24)20(9-13)31-21-8-7-17(26-27-21)15-10-16-18(11-19(15)29)25-12-28(3)23(16)30/h7-8,10-14,20,22,29H,4-6,9H2,1-3H3/t13-,14-,20+,22-/m0/s1. The van der Waals surface area contributed by atoms with Crippen molar-refractivity contribution in [2.75, 3.05) is 0 Å². The lowest BCUT2D eigenvalue weighted by Crippen LogP contribution is -2.36. The molecule has 0 radical (unpaired) electrons. The SMILES string of the molecule is C[C@H]1CCC[C@H](C)[C@H](F)[C@H](Oc2ccc(-c3cc4c(=O)n(C)cnc4cc3O)nn2)C1. The predicted molar refractivity (Wildman–Crippen MR) is 116 cm³/mol. The van der Waals surface area contributed by atoms with Gasteiger partial charge < -0.3 is 14.4 Å². The quantitative estimate of drug-likeness (QED) is 0.680. The van der Waals surface area contributed by atoms with E-state index in [2.05, 4.69) is 22.1 Å². The number of phenolic OH excluding ortho intramolecular Hbond substituents is 1. The normalized spacial score (nSPS) is 24.5. The van der Waals surface area contributed by atoms with Crippen LogP contribution in [0.4, 0.5) is 4.39 Å². The molecule has 2 aromatic heterocycles. The van der Waals surface area contributed by atoms with Crippen LogP contribution in [0.5, 0.6) is 11.6 Å². The molecule has 0 aliphatic heterocycles. The molecule has 3 aromatic rings. The Labute approximate surface area is 179 Å². The summed E-state index contributed by atoms with van der Waals surface area (Å²) in [5.74, 6) is 0.515. The van der Waals surface area contributed by atoms with Gasteiger partial charge in [0, 0.05) is 24.7 Å². The van der Waals surface area contributed by atoms with Crippen LogP contribution in [0, 0.1) is 11.8 Å². The zero-order chi connectivity index (χ0) is 22.1. The van der Waals surface area contributed by atoms with Crippen LogP contribution in [0.2, 0.25) is 0 Å². The van der Waals surface area contributed by atoms with Crippen molar-refractivity contribution < 1.29 is 14.2 Å². The van der Waals surface area contributed by atoms with Gasteiger partial charge in [0.15, 0.2) is 0 Å². The molecule has 31 heavy (non-hydrogen) atoms. The molecule has 0 amide bonds. The number of halogens is 1. The summed E-state index contributed by atoms with van der Waals surface area (Å²) in [7, 11) is 1.61. The van der Waals surface area contributed by atoms with E-state index >= 15 is 0 Å². The lowest BCUT2D eigenvalue weighted by Gasteiger charge is -2.31. The van der Waals surface area contributed by atoms with Gasteiger partial charge in [0.2, 0.25) is 5.88 Å². The maximum atomic E-state index is 14.9. The molecule has 2 heterocycles. The summed E-state index contributed by atoms with van der Waals surface area (Å²) in [4.78, 5) is 16.5. The third kappa shape index (κ3) is 4.38. The number of fused-ring (bicyclic) bond motifs is 1. The molecule has 4 atom stereocenters. The van der Waals surface area contributed by atoms with Gasteiger partial charge in [-0.3, -0.25) is 4.79 Å². The largest absolute Gasteiger partial charge is 0.507 e. The lowest BCUT2D eigenvalue weighted by atomic mass is 9.84. The van der Waals surface area contributed by atoms with E-state index in [1.54, 1.807) is 25.2 Å². The molecule has 7 nitrogen and oxygen atoms in total. The van der Waals surface area contributed by atoms with E-state index in [1.165, 1.54) is 17.0 Å². The summed E-state index contributed by atoms with van der Waals surface area (Å²) < 4.78 is 22.2. The fourth-order valence-electron chi connectivity index (χ4n) is 4.20. The van der Waals surface area contributed by atoms with Crippen LogP contribution in [0.1, 0.15) is 39.5 Å². The Morgan fingerprint density at radius 2 is 2.00 bits per heavy atom. The molecule has 1 aliphatic rings. The van der Waals surface area contributed by atoms with Crippen molar-refractivity contribution in [1.29, 1.82) is 0 Å². The molecular formula is C23H27FN4O3. The van der Waals surface area contributed by atoms with E-state index in [4.69, 9.17) is 4.74 Å². The molecule has 0 saturated heterocycles. The highest BCUT2D eigenvalue weighted by atomic mass is 19.1. The summed E-state index contributed by atoms with van der Waals surface area (Å²) in [5.41, 5.74) is 0.932. The van der Waals surface area contributed by atoms with Gasteiger partial charge in [0.05, 0.1) is 22.9 Å². The number of nitrogens with zero attached hydrogens (tertiary/aromatic N) is 4. The third-order valence-electron chi connectivity index (χ3n) is 6.11. The van der Waals surface area contributed by atoms with Crippen LogP contribution < -0.4 is 10.3 Å². The fraction of sp³-hybridized carbons (Fsp3) is 0.478. The molecule has 1 aromatic carbocycles. The van der Waals surface area contributed by atoms with Gasteiger partial charge >= 0.3 is 0 Å². The Morgan fingerprint density at radius 3 is 2.74 bits per heavy atom. The van der Waals surface area contributed by atoms with Crippen molar-refractivity contribution in [2.24, 2.45) is 18.9 Å². The van der Waals surface area contributed by atoms with Gasteiger partial charge in [0.25, 0.3) is 5.56 Å². The first-order valence-electron chi connectivity index (χ1n) is 10.7. The van der Waals surface area contributed by atoms with Crippen LogP contribution in [-0.4, -0.2) is 37.1 Å². The zero-order valence-corrected chi connectivity index (χ0v) is 18.0. The van der Waals surface area contributed by atoms with Crippen LogP contribution in [0.25, 0.3) is 22.2 Å². The molecule has 164 valence electrons. The van der Waals surface area contributed by atoms with E-state index in [-0.39, 0.29) is 23.1 Å². The Bertz CT molecular complexity index is 1130. The Balaban J connectivity index is 1.60. The molecule has 0 bridgehead atoms. The molecule has 8 heteroatoms. The van der Waals surface area contributed by atoms with Crippen molar-refractivity contribution in [3.05, 3.63) is 40.9 Å². The number of phenols is 1. The van der Waals surface area contributed by atoms with Crippen LogP contribution in [0.15, 0.2) is 35.4 Å². The van der Waals surface area contributed by atoms with E-state index in [0.717, 1.165) is 19.3 Å². The maximum Gasteiger partial charge on any atom is 0.260 e. The smallest absolute Gasteiger partial charge is 0.260 e. The van der Waals surface area contributed by atoms with Crippen molar-refractivity contribution in [3.8, 4) is 22.9 Å². The highest BCUT2D eigenvalue weighted by Crippen LogP contribution is 2.33. The number of aromatic hydroxyl groups is 1. The Hall–Kier alpha value is -3.03. The number of rotatable bonds is 3. The van der Waals surface area contributed by atoms with Gasteiger partial charge in [-0.25, -0.2) is 9.37 Å². The molecule has 1 aliphatic carbocycles. The average Bonchev–Trinajstić information content (AvgIpc) is 2.75. The van der Waals surface area contributed by atoms with Gasteiger partial charge in [-0.2, -0.15) is 0 Å². The minimum Gasteiger partial charge on any atom is -0.507 e. The van der Waals surface area contributed by atoms with Crippen LogP contribution in [-0.2, 0) is 7.05 Å². The first-order chi connectivity index (χ1) is 14.8. The molecule has 1 N–H and O–H groups in total. The Morgan fingerprint density at radius 1 is 1.19 bits per heavy atom. The third-order valence-corrected chi connectivity index (χ3v) is 6.11. The Kier molecular flexibility index (Phi) is 5.89. The molecule has 4 rings (SSSR count). The summed E-state index contributed by atoms with van der Waals surface area (Å²) >= 11 is 0. The van der Waals surface area contributed by atoms with Gasteiger partial charge in [-0.1, -0.05) is 26.7 Å². The minimum atomic E-state index is -1.06. The molecule has 1 fully saturated rings. The number of benzene rings is 1. The second kappa shape index (κ2) is 8.61. The first kappa shape index (κ1) is 21.2. The van der Waals surface area contributed by atoms with E-state index in [9.17, 15) is 14.3 Å². The van der Waals surface area contributed by atoms with Gasteiger partial charge in [0.1, 0.15) is 18.0 Å². The second-order valence-electron chi connectivity index (χ2n) is 8.65. The minimum absolute atomic E-state index is 0.0530. The zero-order valence-electron chi connectivity index (χ0n) is 18.0. The predicted octanol–water partition coefficient (Wildman–Crippen LogP) is 4.03. The summed E-state index contributed by atoms with van der Waals surface area (Å²) in [6, 6.07) is 6.25. The monoisotopic (exact) mass is 426 g/mol. The number of aromatic nitrogens is 4. The van der Waals surface area contributed by atoms with Crippen LogP contribution in [0.3, 0.4) is 0 Å². The number of hydrogen-bond donors (Lipinski definition) is 1. The number of ether oxygens (including phenoxy) is 1. The maximum absolute atomic E-state index is 14.9. The summed E-state index contributed by atoms with van der Waals surface area (Å²) in [5, 5.41) is 19.0.